The minimum Gasteiger partial charge on any atom is -0.374 e. The Morgan fingerprint density at radius 2 is 1.86 bits per heavy atom. The first-order valence-electron chi connectivity index (χ1n) is 12.8. The second-order valence-corrected chi connectivity index (χ2v) is 9.90. The highest BCUT2D eigenvalue weighted by Gasteiger charge is 2.26. The monoisotopic (exact) mass is 473 g/mol. The number of allylic oxidation sites excluding steroid dienone is 2. The summed E-state index contributed by atoms with van der Waals surface area (Å²) >= 11 is 0. The van der Waals surface area contributed by atoms with E-state index in [9.17, 15) is 4.79 Å². The zero-order valence-corrected chi connectivity index (χ0v) is 21.5. The highest BCUT2D eigenvalue weighted by molar-refractivity contribution is 5.94. The second kappa shape index (κ2) is 11.1. The number of hydrogen-bond donors (Lipinski definition) is 1. The molecule has 0 unspecified atom stereocenters. The average Bonchev–Trinajstić information content (AvgIpc) is 3.37. The molecular formula is C29H39N5O. The van der Waals surface area contributed by atoms with Crippen molar-refractivity contribution in [2.45, 2.75) is 39.5 Å². The van der Waals surface area contributed by atoms with Crippen molar-refractivity contribution in [1.82, 2.24) is 19.7 Å². The third-order valence-corrected chi connectivity index (χ3v) is 7.39. The largest absolute Gasteiger partial charge is 0.374 e. The molecule has 0 radical (unpaired) electrons. The average molecular weight is 474 g/mol. The number of likely N-dealkylation sites (tertiary alicyclic amines) is 2. The summed E-state index contributed by atoms with van der Waals surface area (Å²) in [5, 5.41) is 5.17. The van der Waals surface area contributed by atoms with E-state index in [0.717, 1.165) is 60.2 Å². The first-order chi connectivity index (χ1) is 16.9. The number of amides is 1. The topological polar surface area (TPSA) is 51.7 Å². The van der Waals surface area contributed by atoms with Gasteiger partial charge in [0.25, 0.3) is 0 Å². The SMILES string of the molecule is C=C(CN1CCCC1)N1CCC(C(=O)Nc2cc3cc(/C(=C/C)N(C)C(=C)C)ccc3cn2)CC1. The molecule has 4 rings (SSSR count). The fourth-order valence-electron chi connectivity index (χ4n) is 5.11. The van der Waals surface area contributed by atoms with Gasteiger partial charge < -0.3 is 15.1 Å². The number of benzene rings is 1. The molecule has 2 aromatic rings. The van der Waals surface area contributed by atoms with Crippen LogP contribution in [0.4, 0.5) is 5.82 Å². The number of carbonyl (C=O) groups excluding carboxylic acids is 1. The van der Waals surface area contributed by atoms with Crippen LogP contribution in [0.1, 0.15) is 45.1 Å². The van der Waals surface area contributed by atoms with Crippen LogP contribution in [-0.2, 0) is 4.79 Å². The number of pyridine rings is 1. The second-order valence-electron chi connectivity index (χ2n) is 9.90. The van der Waals surface area contributed by atoms with Crippen LogP contribution >= 0.6 is 0 Å². The van der Waals surface area contributed by atoms with Crippen molar-refractivity contribution in [1.29, 1.82) is 0 Å². The van der Waals surface area contributed by atoms with E-state index >= 15 is 0 Å². The van der Waals surface area contributed by atoms with Crippen molar-refractivity contribution in [3.8, 4) is 0 Å². The molecule has 186 valence electrons. The van der Waals surface area contributed by atoms with Crippen LogP contribution in [0.3, 0.4) is 0 Å². The molecule has 0 bridgehead atoms. The molecule has 6 nitrogen and oxygen atoms in total. The molecule has 0 spiro atoms. The highest BCUT2D eigenvalue weighted by Crippen LogP contribution is 2.27. The molecule has 35 heavy (non-hydrogen) atoms. The third-order valence-electron chi connectivity index (χ3n) is 7.39. The number of piperidine rings is 1. The molecular weight excluding hydrogens is 434 g/mol. The van der Waals surface area contributed by atoms with Gasteiger partial charge in [0.05, 0.1) is 0 Å². The van der Waals surface area contributed by atoms with E-state index in [-0.39, 0.29) is 11.8 Å². The lowest BCUT2D eigenvalue weighted by atomic mass is 9.95. The van der Waals surface area contributed by atoms with Crippen LogP contribution in [0.25, 0.3) is 16.5 Å². The lowest BCUT2D eigenvalue weighted by Crippen LogP contribution is -2.40. The maximum atomic E-state index is 13.0. The van der Waals surface area contributed by atoms with E-state index in [2.05, 4.69) is 62.4 Å². The fourth-order valence-corrected chi connectivity index (χ4v) is 5.11. The van der Waals surface area contributed by atoms with Gasteiger partial charge in [-0.15, -0.1) is 0 Å². The van der Waals surface area contributed by atoms with Crippen molar-refractivity contribution >= 4 is 28.2 Å². The summed E-state index contributed by atoms with van der Waals surface area (Å²) in [6.45, 7) is 17.5. The van der Waals surface area contributed by atoms with Crippen LogP contribution in [0.2, 0.25) is 0 Å². The number of carbonyl (C=O) groups is 1. The number of nitrogens with zero attached hydrogens (tertiary/aromatic N) is 4. The molecule has 2 saturated heterocycles. The van der Waals surface area contributed by atoms with Crippen LogP contribution in [-0.4, -0.2) is 65.4 Å². The number of anilines is 1. The normalized spacial score (nSPS) is 17.6. The summed E-state index contributed by atoms with van der Waals surface area (Å²) in [7, 11) is 2.02. The van der Waals surface area contributed by atoms with Crippen LogP contribution in [0.15, 0.2) is 61.1 Å². The Labute approximate surface area is 210 Å². The van der Waals surface area contributed by atoms with Crippen molar-refractivity contribution in [3.63, 3.8) is 0 Å². The summed E-state index contributed by atoms with van der Waals surface area (Å²) in [4.78, 5) is 24.4. The maximum Gasteiger partial charge on any atom is 0.228 e. The van der Waals surface area contributed by atoms with E-state index in [1.54, 1.807) is 0 Å². The van der Waals surface area contributed by atoms with Crippen LogP contribution in [0, 0.1) is 5.92 Å². The minimum atomic E-state index is 0.00788. The van der Waals surface area contributed by atoms with Gasteiger partial charge in [0.15, 0.2) is 0 Å². The maximum absolute atomic E-state index is 13.0. The predicted octanol–water partition coefficient (Wildman–Crippen LogP) is 5.32. The Hall–Kier alpha value is -3.12. The predicted molar refractivity (Wildman–Crippen MR) is 146 cm³/mol. The van der Waals surface area contributed by atoms with Crippen LogP contribution in [0.5, 0.6) is 0 Å². The van der Waals surface area contributed by atoms with E-state index in [4.69, 9.17) is 0 Å². The van der Waals surface area contributed by atoms with Crippen molar-refractivity contribution < 1.29 is 4.79 Å². The van der Waals surface area contributed by atoms with E-state index in [0.29, 0.717) is 5.82 Å². The Morgan fingerprint density at radius 1 is 1.14 bits per heavy atom. The van der Waals surface area contributed by atoms with Gasteiger partial charge in [-0.25, -0.2) is 4.98 Å². The summed E-state index contributed by atoms with van der Waals surface area (Å²) in [5.41, 5.74) is 4.37. The zero-order valence-electron chi connectivity index (χ0n) is 21.5. The molecule has 0 atom stereocenters. The molecule has 2 aliphatic heterocycles. The van der Waals surface area contributed by atoms with Crippen molar-refractivity contribution in [2.75, 3.05) is 45.1 Å². The van der Waals surface area contributed by atoms with Gasteiger partial charge in [-0.3, -0.25) is 9.69 Å². The number of fused-ring (bicyclic) bond motifs is 1. The number of rotatable bonds is 8. The van der Waals surface area contributed by atoms with Gasteiger partial charge in [-0.2, -0.15) is 0 Å². The smallest absolute Gasteiger partial charge is 0.228 e. The number of hydrogen-bond acceptors (Lipinski definition) is 5. The minimum absolute atomic E-state index is 0.00788. The van der Waals surface area contributed by atoms with Crippen molar-refractivity contribution in [3.05, 3.63) is 66.7 Å². The fraction of sp³-hybridized carbons (Fsp3) is 0.448. The van der Waals surface area contributed by atoms with Gasteiger partial charge in [0.2, 0.25) is 5.91 Å². The highest BCUT2D eigenvalue weighted by atomic mass is 16.1. The quantitative estimate of drug-likeness (QED) is 0.562. The first-order valence-corrected chi connectivity index (χ1v) is 12.8. The standard InChI is InChI=1S/C29H39N5O/c1-6-27(32(5)21(2)3)24-9-10-25-19-30-28(18-26(25)17-24)31-29(35)23-11-15-34(16-12-23)22(4)20-33-13-7-8-14-33/h6,9-10,17-19,23H,2,4,7-8,11-16,20H2,1,3,5H3,(H,30,31,35)/b27-6-. The molecule has 1 amide bonds. The molecule has 2 fully saturated rings. The zero-order chi connectivity index (χ0) is 24.9. The lowest BCUT2D eigenvalue weighted by molar-refractivity contribution is -0.121. The van der Waals surface area contributed by atoms with Gasteiger partial charge >= 0.3 is 0 Å². The van der Waals surface area contributed by atoms with Crippen molar-refractivity contribution in [2.24, 2.45) is 5.92 Å². The summed E-state index contributed by atoms with van der Waals surface area (Å²) in [6.07, 6.45) is 8.20. The molecule has 3 heterocycles. The summed E-state index contributed by atoms with van der Waals surface area (Å²) in [5.74, 6) is 0.679. The van der Waals surface area contributed by atoms with Gasteiger partial charge in [-0.1, -0.05) is 31.4 Å². The van der Waals surface area contributed by atoms with Gasteiger partial charge in [0.1, 0.15) is 5.82 Å². The molecule has 6 heteroatoms. The molecule has 0 saturated carbocycles. The molecule has 0 aliphatic carbocycles. The number of aromatic nitrogens is 1. The first kappa shape index (κ1) is 25.0. The molecule has 1 N–H and O–H groups in total. The Morgan fingerprint density at radius 3 is 2.51 bits per heavy atom. The van der Waals surface area contributed by atoms with Gasteiger partial charge in [-0.05, 0) is 75.7 Å². The van der Waals surface area contributed by atoms with E-state index in [1.807, 2.05) is 33.2 Å². The Kier molecular flexibility index (Phi) is 7.91. The summed E-state index contributed by atoms with van der Waals surface area (Å²) < 4.78 is 0. The molecule has 1 aromatic heterocycles. The third kappa shape index (κ3) is 5.93. The van der Waals surface area contributed by atoms with E-state index in [1.165, 1.54) is 31.6 Å². The Balaban J connectivity index is 1.38. The number of nitrogens with one attached hydrogen (secondary N) is 1. The summed E-state index contributed by atoms with van der Waals surface area (Å²) in [6, 6.07) is 8.29. The van der Waals surface area contributed by atoms with Crippen LogP contribution < -0.4 is 5.32 Å². The van der Waals surface area contributed by atoms with E-state index < -0.39 is 0 Å². The molecule has 2 aliphatic rings. The Bertz CT molecular complexity index is 1120. The lowest BCUT2D eigenvalue weighted by Gasteiger charge is -2.35. The van der Waals surface area contributed by atoms with Gasteiger partial charge in [0, 0.05) is 61.3 Å². The molecule has 1 aromatic carbocycles.